The first-order valence-electron chi connectivity index (χ1n) is 7.65. The van der Waals surface area contributed by atoms with Crippen LogP contribution >= 0.6 is 0 Å². The summed E-state index contributed by atoms with van der Waals surface area (Å²) in [5.74, 6) is 0.739. The van der Waals surface area contributed by atoms with Crippen LogP contribution in [0.3, 0.4) is 0 Å². The lowest BCUT2D eigenvalue weighted by Crippen LogP contribution is -2.29. The summed E-state index contributed by atoms with van der Waals surface area (Å²) in [6.45, 7) is 14.6. The molecule has 0 aliphatic rings. The van der Waals surface area contributed by atoms with Gasteiger partial charge in [-0.2, -0.15) is 0 Å². The summed E-state index contributed by atoms with van der Waals surface area (Å²) in [7, 11) is 0. The quantitative estimate of drug-likeness (QED) is 0.792. The monoisotopic (exact) mass is 261 g/mol. The average molecular weight is 261 g/mol. The number of hydrogen-bond donors (Lipinski definition) is 1. The summed E-state index contributed by atoms with van der Waals surface area (Å²) < 4.78 is 0. The van der Waals surface area contributed by atoms with Crippen LogP contribution in [0.2, 0.25) is 0 Å². The molecule has 0 fully saturated rings. The summed E-state index contributed by atoms with van der Waals surface area (Å²) in [4.78, 5) is 0. The summed E-state index contributed by atoms with van der Waals surface area (Å²) >= 11 is 0. The van der Waals surface area contributed by atoms with Crippen molar-refractivity contribution in [3.63, 3.8) is 0 Å². The first kappa shape index (κ1) is 16.2. The van der Waals surface area contributed by atoms with E-state index in [1.165, 1.54) is 24.0 Å². The third kappa shape index (κ3) is 5.78. The summed E-state index contributed by atoms with van der Waals surface area (Å²) in [6, 6.07) is 9.77. The van der Waals surface area contributed by atoms with Gasteiger partial charge in [0.1, 0.15) is 0 Å². The van der Waals surface area contributed by atoms with Crippen molar-refractivity contribution in [3.05, 3.63) is 35.4 Å². The highest BCUT2D eigenvalue weighted by Gasteiger charge is 2.13. The van der Waals surface area contributed by atoms with Crippen LogP contribution in [-0.4, -0.2) is 12.6 Å². The molecule has 108 valence electrons. The third-order valence-electron chi connectivity index (χ3n) is 3.74. The minimum atomic E-state index is 0.252. The fourth-order valence-corrected chi connectivity index (χ4v) is 2.24. The van der Waals surface area contributed by atoms with Crippen LogP contribution in [0.1, 0.15) is 59.1 Å². The molecule has 1 N–H and O–H groups in total. The van der Waals surface area contributed by atoms with Crippen LogP contribution in [-0.2, 0) is 11.8 Å². The van der Waals surface area contributed by atoms with Crippen molar-refractivity contribution in [2.75, 3.05) is 6.54 Å². The second-order valence-corrected chi connectivity index (χ2v) is 6.99. The van der Waals surface area contributed by atoms with E-state index in [1.54, 1.807) is 0 Å². The van der Waals surface area contributed by atoms with Gasteiger partial charge in [-0.1, -0.05) is 72.2 Å². The summed E-state index contributed by atoms with van der Waals surface area (Å²) in [5, 5.41) is 3.55. The zero-order chi connectivity index (χ0) is 14.5. The van der Waals surface area contributed by atoms with E-state index >= 15 is 0 Å². The van der Waals surface area contributed by atoms with Crippen molar-refractivity contribution < 1.29 is 0 Å². The number of rotatable bonds is 6. The predicted octanol–water partition coefficient (Wildman–Crippen LogP) is 4.55. The van der Waals surface area contributed by atoms with Gasteiger partial charge in [0.15, 0.2) is 0 Å². The van der Waals surface area contributed by atoms with Gasteiger partial charge in [-0.3, -0.25) is 0 Å². The van der Waals surface area contributed by atoms with Crippen LogP contribution < -0.4 is 5.32 Å². The normalized spacial score (nSPS) is 13.8. The van der Waals surface area contributed by atoms with E-state index in [0.717, 1.165) is 12.5 Å². The molecule has 0 amide bonds. The van der Waals surface area contributed by atoms with E-state index in [-0.39, 0.29) is 5.41 Å². The number of hydrogen-bond acceptors (Lipinski definition) is 1. The van der Waals surface area contributed by atoms with Crippen molar-refractivity contribution in [1.29, 1.82) is 0 Å². The molecule has 0 spiro atoms. The van der Waals surface area contributed by atoms with E-state index in [1.807, 2.05) is 0 Å². The highest BCUT2D eigenvalue weighted by Crippen LogP contribution is 2.23. The third-order valence-corrected chi connectivity index (χ3v) is 3.74. The average Bonchev–Trinajstić information content (AvgIpc) is 2.33. The molecule has 1 rings (SSSR count). The van der Waals surface area contributed by atoms with Gasteiger partial charge in [0.05, 0.1) is 0 Å². The highest BCUT2D eigenvalue weighted by atomic mass is 14.9. The molecular formula is C18H31N. The maximum atomic E-state index is 3.55. The van der Waals surface area contributed by atoms with Crippen LogP contribution in [0, 0.1) is 5.92 Å². The molecule has 0 aliphatic carbocycles. The Hall–Kier alpha value is -0.820. The van der Waals surface area contributed by atoms with Gasteiger partial charge >= 0.3 is 0 Å². The molecule has 0 radical (unpaired) electrons. The van der Waals surface area contributed by atoms with Crippen molar-refractivity contribution in [1.82, 2.24) is 5.32 Å². The smallest absolute Gasteiger partial charge is 0.00104 e. The van der Waals surface area contributed by atoms with E-state index in [9.17, 15) is 0 Å². The number of benzene rings is 1. The largest absolute Gasteiger partial charge is 0.314 e. The predicted molar refractivity (Wildman–Crippen MR) is 85.8 cm³/mol. The minimum Gasteiger partial charge on any atom is -0.314 e. The topological polar surface area (TPSA) is 12.0 Å². The van der Waals surface area contributed by atoms with Crippen molar-refractivity contribution in [2.24, 2.45) is 5.92 Å². The van der Waals surface area contributed by atoms with E-state index in [2.05, 4.69) is 71.1 Å². The Bertz CT molecular complexity index is 356. The van der Waals surface area contributed by atoms with Gasteiger partial charge in [0, 0.05) is 6.04 Å². The fraction of sp³-hybridized carbons (Fsp3) is 0.667. The molecule has 1 aromatic rings. The van der Waals surface area contributed by atoms with Gasteiger partial charge in [-0.25, -0.2) is 0 Å². The first-order valence-corrected chi connectivity index (χ1v) is 7.65. The molecular weight excluding hydrogens is 230 g/mol. The first-order chi connectivity index (χ1) is 8.82. The Morgan fingerprint density at radius 3 is 2.05 bits per heavy atom. The van der Waals surface area contributed by atoms with Crippen molar-refractivity contribution in [3.8, 4) is 0 Å². The van der Waals surface area contributed by atoms with Gasteiger partial charge in [0.2, 0.25) is 0 Å². The second-order valence-electron chi connectivity index (χ2n) is 6.99. The molecule has 0 aromatic heterocycles. The zero-order valence-electron chi connectivity index (χ0n) is 13.6. The summed E-state index contributed by atoms with van der Waals surface area (Å²) in [6.07, 6.45) is 2.42. The molecule has 1 aromatic carbocycles. The van der Waals surface area contributed by atoms with Gasteiger partial charge in [0.25, 0.3) is 0 Å². The Kier molecular flexibility index (Phi) is 6.06. The molecule has 1 heteroatoms. The molecule has 1 unspecified atom stereocenters. The van der Waals surface area contributed by atoms with Crippen LogP contribution in [0.25, 0.3) is 0 Å². The second kappa shape index (κ2) is 7.09. The van der Waals surface area contributed by atoms with Gasteiger partial charge in [-0.15, -0.1) is 0 Å². The summed E-state index contributed by atoms with van der Waals surface area (Å²) in [5.41, 5.74) is 3.14. The Labute approximate surface area is 119 Å². The Balaban J connectivity index is 2.60. The number of nitrogens with one attached hydrogen (secondary N) is 1. The van der Waals surface area contributed by atoms with Crippen LogP contribution in [0.15, 0.2) is 24.3 Å². The highest BCUT2D eigenvalue weighted by molar-refractivity contribution is 5.27. The molecule has 0 saturated heterocycles. The van der Waals surface area contributed by atoms with Crippen LogP contribution in [0.5, 0.6) is 0 Å². The van der Waals surface area contributed by atoms with E-state index in [4.69, 9.17) is 0 Å². The standard InChI is InChI=1S/C18H31N/c1-7-15(13-19-14(2)3)12-16-8-10-17(11-9-16)18(4,5)6/h8-11,14-15,19H,7,12-13H2,1-6H3. The van der Waals surface area contributed by atoms with Crippen molar-refractivity contribution in [2.45, 2.75) is 65.8 Å². The van der Waals surface area contributed by atoms with Gasteiger partial charge in [-0.05, 0) is 35.4 Å². The minimum absolute atomic E-state index is 0.252. The fourth-order valence-electron chi connectivity index (χ4n) is 2.24. The Morgan fingerprint density at radius 1 is 1.05 bits per heavy atom. The zero-order valence-corrected chi connectivity index (χ0v) is 13.6. The Morgan fingerprint density at radius 2 is 1.63 bits per heavy atom. The maximum absolute atomic E-state index is 3.55. The lowest BCUT2D eigenvalue weighted by Gasteiger charge is -2.21. The molecule has 0 aliphatic heterocycles. The van der Waals surface area contributed by atoms with E-state index in [0.29, 0.717) is 6.04 Å². The van der Waals surface area contributed by atoms with Crippen LogP contribution in [0.4, 0.5) is 0 Å². The van der Waals surface area contributed by atoms with Gasteiger partial charge < -0.3 is 5.32 Å². The lowest BCUT2D eigenvalue weighted by atomic mass is 9.86. The molecule has 0 saturated carbocycles. The maximum Gasteiger partial charge on any atom is 0.00104 e. The lowest BCUT2D eigenvalue weighted by molar-refractivity contribution is 0.436. The molecule has 1 nitrogen and oxygen atoms in total. The SMILES string of the molecule is CCC(CNC(C)C)Cc1ccc(C(C)(C)C)cc1. The van der Waals surface area contributed by atoms with Crippen molar-refractivity contribution >= 4 is 0 Å². The van der Waals surface area contributed by atoms with E-state index < -0.39 is 0 Å². The molecule has 19 heavy (non-hydrogen) atoms. The molecule has 0 heterocycles. The molecule has 1 atom stereocenters. The molecule has 0 bridgehead atoms.